The zero-order chi connectivity index (χ0) is 17.8. The summed E-state index contributed by atoms with van der Waals surface area (Å²) in [5, 5.41) is 5.00. The van der Waals surface area contributed by atoms with E-state index in [1.54, 1.807) is 12.1 Å². The average molecular weight is 372 g/mol. The summed E-state index contributed by atoms with van der Waals surface area (Å²) in [5.74, 6) is -0.662. The monoisotopic (exact) mass is 372 g/mol. The molecule has 130 valence electrons. The lowest BCUT2D eigenvalue weighted by Crippen LogP contribution is -2.27. The molecule has 0 bridgehead atoms. The molecule has 2 rings (SSSR count). The van der Waals surface area contributed by atoms with Crippen molar-refractivity contribution in [1.82, 2.24) is 4.72 Å². The summed E-state index contributed by atoms with van der Waals surface area (Å²) >= 11 is 0. The lowest BCUT2D eigenvalue weighted by molar-refractivity contribution is 0.580. The van der Waals surface area contributed by atoms with Crippen molar-refractivity contribution in [3.8, 4) is 0 Å². The first kappa shape index (κ1) is 18.5. The van der Waals surface area contributed by atoms with E-state index in [1.165, 1.54) is 36.4 Å². The molecule has 0 unspecified atom stereocenters. The van der Waals surface area contributed by atoms with Gasteiger partial charge in [0.25, 0.3) is 0 Å². The van der Waals surface area contributed by atoms with Crippen LogP contribution in [0, 0.1) is 5.82 Å². The third-order valence-electron chi connectivity index (χ3n) is 3.26. The van der Waals surface area contributed by atoms with Crippen LogP contribution in [0.3, 0.4) is 0 Å². The van der Waals surface area contributed by atoms with E-state index in [-0.39, 0.29) is 17.2 Å². The summed E-state index contributed by atoms with van der Waals surface area (Å²) in [6.07, 6.45) is 0.396. The Kier molecular flexibility index (Phi) is 5.70. The van der Waals surface area contributed by atoms with Crippen molar-refractivity contribution < 1.29 is 21.2 Å². The van der Waals surface area contributed by atoms with E-state index < -0.39 is 25.9 Å². The SMILES string of the molecule is NS(=O)(=O)c1ccc(CCNS(=O)(=O)Cc2ccc(F)cc2)cc1. The van der Waals surface area contributed by atoms with Crippen LogP contribution in [0.5, 0.6) is 0 Å². The lowest BCUT2D eigenvalue weighted by atomic mass is 10.2. The van der Waals surface area contributed by atoms with Gasteiger partial charge in [-0.05, 0) is 41.8 Å². The first-order chi connectivity index (χ1) is 11.2. The zero-order valence-electron chi connectivity index (χ0n) is 12.6. The molecule has 24 heavy (non-hydrogen) atoms. The van der Waals surface area contributed by atoms with E-state index in [9.17, 15) is 21.2 Å². The maximum Gasteiger partial charge on any atom is 0.238 e. The van der Waals surface area contributed by atoms with Crippen LogP contribution in [0.25, 0.3) is 0 Å². The predicted molar refractivity (Wildman–Crippen MR) is 88.5 cm³/mol. The maximum atomic E-state index is 12.8. The molecule has 3 N–H and O–H groups in total. The summed E-state index contributed by atoms with van der Waals surface area (Å²) < 4.78 is 61.5. The molecule has 2 aromatic carbocycles. The standard InChI is InChI=1S/C15H17FN2O4S2/c16-14-5-1-13(2-6-14)11-23(19,20)18-10-9-12-3-7-15(8-4-12)24(17,21)22/h1-8,18H,9-11H2,(H2,17,21,22). The second kappa shape index (κ2) is 7.39. The fourth-order valence-corrected chi connectivity index (χ4v) is 3.71. The third-order valence-corrected chi connectivity index (χ3v) is 5.54. The highest BCUT2D eigenvalue weighted by Crippen LogP contribution is 2.10. The lowest BCUT2D eigenvalue weighted by Gasteiger charge is -2.07. The number of primary sulfonamides is 1. The number of sulfonamides is 2. The van der Waals surface area contributed by atoms with Crippen molar-refractivity contribution in [1.29, 1.82) is 0 Å². The Morgan fingerprint density at radius 1 is 0.875 bits per heavy atom. The molecule has 0 radical (unpaired) electrons. The van der Waals surface area contributed by atoms with Gasteiger partial charge >= 0.3 is 0 Å². The van der Waals surface area contributed by atoms with Gasteiger partial charge in [0.2, 0.25) is 20.0 Å². The molecule has 0 aliphatic heterocycles. The Morgan fingerprint density at radius 3 is 1.96 bits per heavy atom. The number of nitrogens with two attached hydrogens (primary N) is 1. The zero-order valence-corrected chi connectivity index (χ0v) is 14.3. The Bertz CT molecular complexity index is 893. The molecule has 0 fully saturated rings. The van der Waals surface area contributed by atoms with Gasteiger partial charge in [0.1, 0.15) is 5.82 Å². The number of benzene rings is 2. The molecule has 6 nitrogen and oxygen atoms in total. The van der Waals surface area contributed by atoms with Crippen molar-refractivity contribution in [3.63, 3.8) is 0 Å². The highest BCUT2D eigenvalue weighted by Gasteiger charge is 2.11. The summed E-state index contributed by atoms with van der Waals surface area (Å²) in [6, 6.07) is 11.1. The number of halogens is 1. The van der Waals surface area contributed by atoms with Gasteiger partial charge in [0.05, 0.1) is 10.6 Å². The highest BCUT2D eigenvalue weighted by atomic mass is 32.2. The van der Waals surface area contributed by atoms with E-state index in [4.69, 9.17) is 5.14 Å². The third kappa shape index (κ3) is 5.68. The van der Waals surface area contributed by atoms with Crippen molar-refractivity contribution in [3.05, 3.63) is 65.5 Å². The molecule has 0 spiro atoms. The van der Waals surface area contributed by atoms with E-state index in [1.807, 2.05) is 0 Å². The minimum atomic E-state index is -3.74. The Morgan fingerprint density at radius 2 is 1.42 bits per heavy atom. The van der Waals surface area contributed by atoms with Crippen LogP contribution in [0.2, 0.25) is 0 Å². The summed E-state index contributed by atoms with van der Waals surface area (Å²) in [5.41, 5.74) is 1.26. The van der Waals surface area contributed by atoms with Gasteiger partial charge in [-0.2, -0.15) is 0 Å². The molecule has 0 heterocycles. The van der Waals surface area contributed by atoms with Crippen LogP contribution >= 0.6 is 0 Å². The summed E-state index contributed by atoms with van der Waals surface area (Å²) in [6.45, 7) is 0.165. The Labute approximate surface area is 140 Å². The number of hydrogen-bond acceptors (Lipinski definition) is 4. The van der Waals surface area contributed by atoms with Crippen molar-refractivity contribution in [2.24, 2.45) is 5.14 Å². The molecule has 0 aliphatic rings. The molecular formula is C15H17FN2O4S2. The minimum absolute atomic E-state index is 0.00291. The second-order valence-electron chi connectivity index (χ2n) is 5.22. The van der Waals surface area contributed by atoms with Gasteiger partial charge in [0, 0.05) is 6.54 Å². The first-order valence-corrected chi connectivity index (χ1v) is 10.2. The number of hydrogen-bond donors (Lipinski definition) is 2. The quantitative estimate of drug-likeness (QED) is 0.760. The Hall–Kier alpha value is -1.81. The minimum Gasteiger partial charge on any atom is -0.225 e. The van der Waals surface area contributed by atoms with E-state index >= 15 is 0 Å². The summed E-state index contributed by atoms with van der Waals surface area (Å²) in [4.78, 5) is 0.00291. The highest BCUT2D eigenvalue weighted by molar-refractivity contribution is 7.89. The fraction of sp³-hybridized carbons (Fsp3) is 0.200. The van der Waals surface area contributed by atoms with Crippen LogP contribution in [-0.4, -0.2) is 23.4 Å². The van der Waals surface area contributed by atoms with Gasteiger partial charge in [-0.15, -0.1) is 0 Å². The topological polar surface area (TPSA) is 106 Å². The van der Waals surface area contributed by atoms with Gasteiger partial charge in [-0.3, -0.25) is 0 Å². The predicted octanol–water partition coefficient (Wildman–Crippen LogP) is 1.14. The molecule has 2 aromatic rings. The largest absolute Gasteiger partial charge is 0.238 e. The molecule has 0 atom stereocenters. The van der Waals surface area contributed by atoms with Crippen LogP contribution < -0.4 is 9.86 Å². The fourth-order valence-electron chi connectivity index (χ4n) is 2.05. The molecule has 0 saturated heterocycles. The smallest absolute Gasteiger partial charge is 0.225 e. The molecule has 9 heteroatoms. The summed E-state index contributed by atoms with van der Waals surface area (Å²) in [7, 11) is -7.28. The van der Waals surface area contributed by atoms with Crippen molar-refractivity contribution in [2.45, 2.75) is 17.1 Å². The molecule has 0 aliphatic carbocycles. The normalized spacial score (nSPS) is 12.2. The molecule has 0 amide bonds. The van der Waals surface area contributed by atoms with Crippen LogP contribution in [0.1, 0.15) is 11.1 Å². The first-order valence-electron chi connectivity index (χ1n) is 6.99. The van der Waals surface area contributed by atoms with E-state index in [0.29, 0.717) is 12.0 Å². The Balaban J connectivity index is 1.89. The molecular weight excluding hydrogens is 355 g/mol. The van der Waals surface area contributed by atoms with Crippen molar-refractivity contribution in [2.75, 3.05) is 6.54 Å². The van der Waals surface area contributed by atoms with Gasteiger partial charge < -0.3 is 0 Å². The van der Waals surface area contributed by atoms with Crippen LogP contribution in [-0.2, 0) is 32.2 Å². The maximum absolute atomic E-state index is 12.8. The van der Waals surface area contributed by atoms with Gasteiger partial charge in [-0.25, -0.2) is 31.1 Å². The van der Waals surface area contributed by atoms with Crippen molar-refractivity contribution >= 4 is 20.0 Å². The van der Waals surface area contributed by atoms with Gasteiger partial charge in [0.15, 0.2) is 0 Å². The van der Waals surface area contributed by atoms with E-state index in [0.717, 1.165) is 5.56 Å². The van der Waals surface area contributed by atoms with Gasteiger partial charge in [-0.1, -0.05) is 24.3 Å². The second-order valence-corrected chi connectivity index (χ2v) is 8.59. The molecule has 0 saturated carbocycles. The van der Waals surface area contributed by atoms with Crippen LogP contribution in [0.4, 0.5) is 4.39 Å². The van der Waals surface area contributed by atoms with E-state index in [2.05, 4.69) is 4.72 Å². The number of nitrogens with one attached hydrogen (secondary N) is 1. The van der Waals surface area contributed by atoms with Crippen LogP contribution in [0.15, 0.2) is 53.4 Å². The average Bonchev–Trinajstić information content (AvgIpc) is 2.49. The molecule has 0 aromatic heterocycles. The number of rotatable bonds is 7.